The number of allylic oxidation sites excluding steroid dienone is 12. The lowest BCUT2D eigenvalue weighted by atomic mass is 10.1. The first-order valence-electron chi connectivity index (χ1n) is 25.4. The highest BCUT2D eigenvalue weighted by atomic mass is 16.6. The van der Waals surface area contributed by atoms with E-state index >= 15 is 0 Å². The summed E-state index contributed by atoms with van der Waals surface area (Å²) in [6.07, 6.45) is 61.7. The van der Waals surface area contributed by atoms with Crippen LogP contribution in [-0.4, -0.2) is 37.2 Å². The van der Waals surface area contributed by atoms with Gasteiger partial charge in [0.05, 0.1) is 0 Å². The standard InChI is InChI=1S/C55H94O6/c1-4-7-10-13-16-19-22-24-26-27-29-30-33-36-39-42-45-48-54(57)60-51-52(50-59-53(56)47-44-41-38-35-32-21-18-15-12-9-6-3)61-55(58)49-46-43-40-37-34-31-28-25-23-20-17-14-11-8-5-2/h7,10,16,19,24-26,28-30,36,39,52H,4-6,8-9,11-15,17-18,20-23,27,31-35,37-38,40-51H2,1-3H3/b10-7-,19-16-,26-24-,28-25-,30-29-,39-36-/t52-/m0/s1. The largest absolute Gasteiger partial charge is 0.462 e. The molecule has 0 aromatic heterocycles. The third-order valence-electron chi connectivity index (χ3n) is 10.7. The van der Waals surface area contributed by atoms with Gasteiger partial charge in [0, 0.05) is 19.3 Å². The molecule has 0 aromatic rings. The van der Waals surface area contributed by atoms with Crippen molar-refractivity contribution in [3.63, 3.8) is 0 Å². The number of rotatable bonds is 45. The molecule has 0 bridgehead atoms. The SMILES string of the molecule is CC/C=C\C/C=C\C/C=C\C/C=C\C/C=C\CCCC(=O)OC[C@H](COC(=O)CCCCCCCCCCCCC)OC(=O)CCCCCCC/C=C\CCCCCCCC. The lowest BCUT2D eigenvalue weighted by Gasteiger charge is -2.18. The maximum atomic E-state index is 12.8. The summed E-state index contributed by atoms with van der Waals surface area (Å²) in [7, 11) is 0. The van der Waals surface area contributed by atoms with Gasteiger partial charge in [-0.2, -0.15) is 0 Å². The fourth-order valence-corrected chi connectivity index (χ4v) is 6.88. The van der Waals surface area contributed by atoms with Crippen molar-refractivity contribution in [1.29, 1.82) is 0 Å². The average Bonchev–Trinajstić information content (AvgIpc) is 3.26. The fourth-order valence-electron chi connectivity index (χ4n) is 6.88. The highest BCUT2D eigenvalue weighted by Crippen LogP contribution is 2.14. The highest BCUT2D eigenvalue weighted by Gasteiger charge is 2.19. The van der Waals surface area contributed by atoms with Gasteiger partial charge in [-0.1, -0.05) is 209 Å². The molecule has 350 valence electrons. The van der Waals surface area contributed by atoms with Crippen LogP contribution in [0.15, 0.2) is 72.9 Å². The molecule has 0 saturated carbocycles. The van der Waals surface area contributed by atoms with Crippen LogP contribution in [-0.2, 0) is 28.6 Å². The minimum Gasteiger partial charge on any atom is -0.462 e. The zero-order valence-electron chi connectivity index (χ0n) is 39.9. The summed E-state index contributed by atoms with van der Waals surface area (Å²) in [5, 5.41) is 0. The van der Waals surface area contributed by atoms with Crippen molar-refractivity contribution in [2.24, 2.45) is 0 Å². The Morgan fingerprint density at radius 2 is 0.656 bits per heavy atom. The van der Waals surface area contributed by atoms with Crippen molar-refractivity contribution in [3.05, 3.63) is 72.9 Å². The van der Waals surface area contributed by atoms with E-state index in [9.17, 15) is 14.4 Å². The van der Waals surface area contributed by atoms with Crippen molar-refractivity contribution >= 4 is 17.9 Å². The predicted molar refractivity (Wildman–Crippen MR) is 261 cm³/mol. The van der Waals surface area contributed by atoms with Gasteiger partial charge in [-0.25, -0.2) is 0 Å². The summed E-state index contributed by atoms with van der Waals surface area (Å²) in [5.74, 6) is -0.964. The van der Waals surface area contributed by atoms with E-state index in [2.05, 4.69) is 93.7 Å². The van der Waals surface area contributed by atoms with E-state index in [0.717, 1.165) is 89.9 Å². The van der Waals surface area contributed by atoms with Gasteiger partial charge in [0.2, 0.25) is 0 Å². The molecule has 0 fully saturated rings. The quantitative estimate of drug-likeness (QED) is 0.0263. The first kappa shape index (κ1) is 57.9. The Hall–Kier alpha value is -3.15. The number of carbonyl (C=O) groups is 3. The molecule has 6 nitrogen and oxygen atoms in total. The first-order valence-corrected chi connectivity index (χ1v) is 25.4. The van der Waals surface area contributed by atoms with Crippen molar-refractivity contribution in [3.8, 4) is 0 Å². The van der Waals surface area contributed by atoms with Gasteiger partial charge in [0.1, 0.15) is 13.2 Å². The molecule has 0 aromatic carbocycles. The van der Waals surface area contributed by atoms with Gasteiger partial charge in [-0.15, -0.1) is 0 Å². The van der Waals surface area contributed by atoms with Crippen molar-refractivity contribution in [2.75, 3.05) is 13.2 Å². The summed E-state index contributed by atoms with van der Waals surface area (Å²) >= 11 is 0. The molecule has 61 heavy (non-hydrogen) atoms. The van der Waals surface area contributed by atoms with Crippen molar-refractivity contribution in [1.82, 2.24) is 0 Å². The normalized spacial score (nSPS) is 12.6. The second kappa shape index (κ2) is 49.5. The maximum Gasteiger partial charge on any atom is 0.306 e. The first-order chi connectivity index (χ1) is 30.0. The number of unbranched alkanes of at least 4 members (excludes halogenated alkanes) is 22. The molecule has 0 aliphatic rings. The van der Waals surface area contributed by atoms with E-state index in [4.69, 9.17) is 14.2 Å². The van der Waals surface area contributed by atoms with Crippen molar-refractivity contribution in [2.45, 2.75) is 245 Å². The molecule has 0 aliphatic heterocycles. The zero-order valence-corrected chi connectivity index (χ0v) is 39.9. The minimum atomic E-state index is -0.799. The van der Waals surface area contributed by atoms with E-state index in [1.54, 1.807) is 0 Å². The van der Waals surface area contributed by atoms with Crippen LogP contribution in [0.5, 0.6) is 0 Å². The Balaban J connectivity index is 4.47. The van der Waals surface area contributed by atoms with Crippen LogP contribution in [0.2, 0.25) is 0 Å². The van der Waals surface area contributed by atoms with Crippen LogP contribution in [0.25, 0.3) is 0 Å². The zero-order chi connectivity index (χ0) is 44.4. The molecular formula is C55H94O6. The molecule has 0 heterocycles. The lowest BCUT2D eigenvalue weighted by molar-refractivity contribution is -0.167. The molecular weight excluding hydrogens is 757 g/mol. The monoisotopic (exact) mass is 851 g/mol. The fraction of sp³-hybridized carbons (Fsp3) is 0.727. The van der Waals surface area contributed by atoms with Gasteiger partial charge >= 0.3 is 17.9 Å². The predicted octanol–water partition coefficient (Wildman–Crippen LogP) is 16.6. The Bertz CT molecular complexity index is 1160. The Kier molecular flexibility index (Phi) is 46.9. The summed E-state index contributed by atoms with van der Waals surface area (Å²) < 4.78 is 16.7. The van der Waals surface area contributed by atoms with Gasteiger partial charge < -0.3 is 14.2 Å². The van der Waals surface area contributed by atoms with E-state index in [-0.39, 0.29) is 37.5 Å². The van der Waals surface area contributed by atoms with Crippen LogP contribution in [0.1, 0.15) is 239 Å². The average molecular weight is 851 g/mol. The molecule has 6 heteroatoms. The Morgan fingerprint density at radius 3 is 1.08 bits per heavy atom. The van der Waals surface area contributed by atoms with E-state index in [1.165, 1.54) is 103 Å². The Labute approximate surface area is 376 Å². The van der Waals surface area contributed by atoms with E-state index in [0.29, 0.717) is 19.3 Å². The molecule has 0 rings (SSSR count). The molecule has 0 amide bonds. The van der Waals surface area contributed by atoms with Gasteiger partial charge in [0.15, 0.2) is 6.10 Å². The van der Waals surface area contributed by atoms with Gasteiger partial charge in [-0.3, -0.25) is 14.4 Å². The number of hydrogen-bond acceptors (Lipinski definition) is 6. The maximum absolute atomic E-state index is 12.8. The van der Waals surface area contributed by atoms with Crippen LogP contribution in [0, 0.1) is 0 Å². The molecule has 1 atom stereocenters. The lowest BCUT2D eigenvalue weighted by Crippen LogP contribution is -2.30. The Morgan fingerprint density at radius 1 is 0.344 bits per heavy atom. The van der Waals surface area contributed by atoms with E-state index < -0.39 is 6.10 Å². The molecule has 0 unspecified atom stereocenters. The molecule has 0 radical (unpaired) electrons. The van der Waals surface area contributed by atoms with Crippen LogP contribution < -0.4 is 0 Å². The van der Waals surface area contributed by atoms with Crippen LogP contribution >= 0.6 is 0 Å². The van der Waals surface area contributed by atoms with Gasteiger partial charge in [-0.05, 0) is 83.5 Å². The second-order valence-electron chi connectivity index (χ2n) is 16.7. The topological polar surface area (TPSA) is 78.9 Å². The number of hydrogen-bond donors (Lipinski definition) is 0. The van der Waals surface area contributed by atoms with Crippen LogP contribution in [0.3, 0.4) is 0 Å². The molecule has 0 N–H and O–H groups in total. The summed E-state index contributed by atoms with van der Waals surface area (Å²) in [5.41, 5.74) is 0. The summed E-state index contributed by atoms with van der Waals surface area (Å²) in [6.45, 7) is 6.45. The molecule has 0 aliphatic carbocycles. The van der Waals surface area contributed by atoms with Gasteiger partial charge in [0.25, 0.3) is 0 Å². The summed E-state index contributed by atoms with van der Waals surface area (Å²) in [6, 6.07) is 0. The van der Waals surface area contributed by atoms with E-state index in [1.807, 2.05) is 0 Å². The number of carbonyl (C=O) groups excluding carboxylic acids is 3. The third-order valence-corrected chi connectivity index (χ3v) is 10.7. The van der Waals surface area contributed by atoms with Crippen molar-refractivity contribution < 1.29 is 28.6 Å². The highest BCUT2D eigenvalue weighted by molar-refractivity contribution is 5.71. The third kappa shape index (κ3) is 47.7. The number of esters is 3. The molecule has 0 spiro atoms. The smallest absolute Gasteiger partial charge is 0.306 e. The second-order valence-corrected chi connectivity index (χ2v) is 16.7. The minimum absolute atomic E-state index is 0.0949. The summed E-state index contributed by atoms with van der Waals surface area (Å²) in [4.78, 5) is 37.9. The number of ether oxygens (including phenoxy) is 3. The molecule has 0 saturated heterocycles. The van der Waals surface area contributed by atoms with Crippen LogP contribution in [0.4, 0.5) is 0 Å².